The number of hydrogen-bond donors (Lipinski definition) is 0. The highest BCUT2D eigenvalue weighted by Gasteiger charge is 2.45. The number of piperidine rings is 1. The minimum Gasteiger partial charge on any atom is -0.378 e. The molecule has 1 saturated heterocycles. The lowest BCUT2D eigenvalue weighted by molar-refractivity contribution is -0.00662. The molecule has 2 aliphatic carbocycles. The molecular formula is C14H20N2OS. The molecule has 3 unspecified atom stereocenters. The molecule has 2 heterocycles. The summed E-state index contributed by atoms with van der Waals surface area (Å²) in [5.74, 6) is 1.68. The molecule has 0 aromatic carbocycles. The Morgan fingerprint density at radius 1 is 1.39 bits per heavy atom. The third kappa shape index (κ3) is 2.22. The predicted molar refractivity (Wildman–Crippen MR) is 71.5 cm³/mol. The summed E-state index contributed by atoms with van der Waals surface area (Å²) in [6, 6.07) is 0.753. The summed E-state index contributed by atoms with van der Waals surface area (Å²) in [5.41, 5.74) is 0. The molecule has 3 atom stereocenters. The van der Waals surface area contributed by atoms with Crippen molar-refractivity contribution in [2.75, 3.05) is 13.2 Å². The molecular weight excluding hydrogens is 244 g/mol. The first kappa shape index (κ1) is 11.4. The number of aromatic nitrogens is 1. The summed E-state index contributed by atoms with van der Waals surface area (Å²) >= 11 is 1.78. The Bertz CT molecular complexity index is 404. The van der Waals surface area contributed by atoms with Crippen molar-refractivity contribution in [1.82, 2.24) is 9.88 Å². The van der Waals surface area contributed by atoms with Gasteiger partial charge in [-0.1, -0.05) is 0 Å². The van der Waals surface area contributed by atoms with Crippen molar-refractivity contribution in [3.05, 3.63) is 16.6 Å². The Morgan fingerprint density at radius 3 is 3.00 bits per heavy atom. The van der Waals surface area contributed by atoms with E-state index in [0.29, 0.717) is 6.10 Å². The SMILES string of the molecule is c1csc(CN2CC3CC2CC3OCC2CC2)n1. The normalized spacial score (nSPS) is 35.4. The van der Waals surface area contributed by atoms with Gasteiger partial charge in [0.25, 0.3) is 0 Å². The number of likely N-dealkylation sites (tertiary alicyclic amines) is 1. The summed E-state index contributed by atoms with van der Waals surface area (Å²) in [4.78, 5) is 7.01. The second-order valence-corrected chi connectivity index (χ2v) is 7.03. The van der Waals surface area contributed by atoms with Crippen LogP contribution in [0, 0.1) is 11.8 Å². The van der Waals surface area contributed by atoms with Crippen LogP contribution in [0.4, 0.5) is 0 Å². The topological polar surface area (TPSA) is 25.4 Å². The van der Waals surface area contributed by atoms with Gasteiger partial charge < -0.3 is 4.74 Å². The first-order valence-corrected chi connectivity index (χ1v) is 8.00. The van der Waals surface area contributed by atoms with Crippen molar-refractivity contribution in [2.24, 2.45) is 11.8 Å². The van der Waals surface area contributed by atoms with Gasteiger partial charge in [0.05, 0.1) is 12.6 Å². The lowest BCUT2D eigenvalue weighted by atomic mass is 10.1. The third-order valence-electron chi connectivity index (χ3n) is 4.66. The molecule has 18 heavy (non-hydrogen) atoms. The van der Waals surface area contributed by atoms with Crippen LogP contribution in [0.2, 0.25) is 0 Å². The third-order valence-corrected chi connectivity index (χ3v) is 5.42. The number of rotatable bonds is 5. The summed E-state index contributed by atoms with van der Waals surface area (Å²) in [6.45, 7) is 3.30. The zero-order valence-electron chi connectivity index (χ0n) is 10.6. The molecule has 1 aromatic rings. The van der Waals surface area contributed by atoms with Gasteiger partial charge in [0.15, 0.2) is 0 Å². The van der Waals surface area contributed by atoms with E-state index in [1.165, 1.54) is 37.2 Å². The van der Waals surface area contributed by atoms with Crippen molar-refractivity contribution in [2.45, 2.75) is 44.4 Å². The van der Waals surface area contributed by atoms with Crippen LogP contribution in [-0.4, -0.2) is 35.2 Å². The second-order valence-electron chi connectivity index (χ2n) is 6.06. The van der Waals surface area contributed by atoms with Crippen molar-refractivity contribution >= 4 is 11.3 Å². The highest BCUT2D eigenvalue weighted by atomic mass is 32.1. The van der Waals surface area contributed by atoms with Gasteiger partial charge in [-0.2, -0.15) is 0 Å². The molecule has 0 amide bonds. The van der Waals surface area contributed by atoms with Crippen LogP contribution in [-0.2, 0) is 11.3 Å². The van der Waals surface area contributed by atoms with Gasteiger partial charge in [0.1, 0.15) is 5.01 Å². The van der Waals surface area contributed by atoms with E-state index in [-0.39, 0.29) is 0 Å². The Hall–Kier alpha value is -0.450. The molecule has 3 nitrogen and oxygen atoms in total. The van der Waals surface area contributed by atoms with E-state index < -0.39 is 0 Å². The zero-order chi connectivity index (χ0) is 11.9. The van der Waals surface area contributed by atoms with E-state index in [9.17, 15) is 0 Å². The molecule has 0 radical (unpaired) electrons. The molecule has 1 aromatic heterocycles. The molecule has 0 spiro atoms. The van der Waals surface area contributed by atoms with E-state index in [0.717, 1.165) is 31.0 Å². The maximum Gasteiger partial charge on any atom is 0.107 e. The smallest absolute Gasteiger partial charge is 0.107 e. The fourth-order valence-corrected chi connectivity index (χ4v) is 4.09. The molecule has 3 fully saturated rings. The highest BCUT2D eigenvalue weighted by molar-refractivity contribution is 7.09. The lowest BCUT2D eigenvalue weighted by Gasteiger charge is -2.30. The van der Waals surface area contributed by atoms with Crippen molar-refractivity contribution in [3.63, 3.8) is 0 Å². The fraction of sp³-hybridized carbons (Fsp3) is 0.786. The maximum absolute atomic E-state index is 6.10. The minimum absolute atomic E-state index is 0.558. The average Bonchev–Trinajstić information content (AvgIpc) is 2.78. The minimum atomic E-state index is 0.558. The maximum atomic E-state index is 6.10. The van der Waals surface area contributed by atoms with Gasteiger partial charge in [-0.25, -0.2) is 4.98 Å². The number of thiazole rings is 1. The summed E-state index contributed by atoms with van der Waals surface area (Å²) < 4.78 is 6.10. The Balaban J connectivity index is 1.31. The molecule has 98 valence electrons. The van der Waals surface area contributed by atoms with Gasteiger partial charge in [-0.3, -0.25) is 4.90 Å². The van der Waals surface area contributed by atoms with Crippen LogP contribution in [0.1, 0.15) is 30.7 Å². The zero-order valence-corrected chi connectivity index (χ0v) is 11.4. The number of fused-ring (bicyclic) bond motifs is 2. The number of nitrogens with zero attached hydrogens (tertiary/aromatic N) is 2. The highest BCUT2D eigenvalue weighted by Crippen LogP contribution is 2.41. The van der Waals surface area contributed by atoms with Crippen molar-refractivity contribution < 1.29 is 4.74 Å². The molecule has 2 saturated carbocycles. The molecule has 3 aliphatic rings. The van der Waals surface area contributed by atoms with Crippen molar-refractivity contribution in [1.29, 1.82) is 0 Å². The van der Waals surface area contributed by atoms with Crippen LogP contribution in [0.25, 0.3) is 0 Å². The molecule has 4 rings (SSSR count). The second kappa shape index (κ2) is 4.58. The molecule has 0 N–H and O–H groups in total. The number of hydrogen-bond acceptors (Lipinski definition) is 4. The van der Waals surface area contributed by atoms with Crippen LogP contribution in [0.15, 0.2) is 11.6 Å². The van der Waals surface area contributed by atoms with Gasteiger partial charge >= 0.3 is 0 Å². The van der Waals surface area contributed by atoms with Crippen LogP contribution in [0.3, 0.4) is 0 Å². The molecule has 1 aliphatic heterocycles. The Kier molecular flexibility index (Phi) is 2.90. The quantitative estimate of drug-likeness (QED) is 0.817. The summed E-state index contributed by atoms with van der Waals surface area (Å²) in [7, 11) is 0. The van der Waals surface area contributed by atoms with E-state index in [1.54, 1.807) is 11.3 Å². The predicted octanol–water partition coefficient (Wildman–Crippen LogP) is 2.53. The van der Waals surface area contributed by atoms with E-state index in [2.05, 4.69) is 15.3 Å². The van der Waals surface area contributed by atoms with Crippen LogP contribution >= 0.6 is 11.3 Å². The average molecular weight is 264 g/mol. The lowest BCUT2D eigenvalue weighted by Crippen LogP contribution is -2.38. The van der Waals surface area contributed by atoms with Crippen LogP contribution < -0.4 is 0 Å². The first-order chi connectivity index (χ1) is 8.88. The molecule has 2 bridgehead atoms. The Morgan fingerprint density at radius 2 is 2.33 bits per heavy atom. The number of ether oxygens (including phenoxy) is 1. The summed E-state index contributed by atoms with van der Waals surface area (Å²) in [5, 5.41) is 3.34. The van der Waals surface area contributed by atoms with E-state index in [1.807, 2.05) is 6.20 Å². The van der Waals surface area contributed by atoms with Gasteiger partial charge in [0.2, 0.25) is 0 Å². The van der Waals surface area contributed by atoms with Crippen molar-refractivity contribution in [3.8, 4) is 0 Å². The monoisotopic (exact) mass is 264 g/mol. The van der Waals surface area contributed by atoms with Gasteiger partial charge in [0, 0.05) is 30.8 Å². The largest absolute Gasteiger partial charge is 0.378 e. The standard InChI is InChI=1S/C14H20N2OS/c1-2-10(1)9-17-13-6-12-5-11(13)7-16(12)8-14-15-3-4-18-14/h3-4,10-13H,1-2,5-9H2. The van der Waals surface area contributed by atoms with Gasteiger partial charge in [-0.05, 0) is 37.5 Å². The fourth-order valence-electron chi connectivity index (χ4n) is 3.45. The summed E-state index contributed by atoms with van der Waals surface area (Å²) in [6.07, 6.45) is 7.87. The van der Waals surface area contributed by atoms with Gasteiger partial charge in [-0.15, -0.1) is 11.3 Å². The van der Waals surface area contributed by atoms with Crippen LogP contribution in [0.5, 0.6) is 0 Å². The van der Waals surface area contributed by atoms with E-state index in [4.69, 9.17) is 4.74 Å². The first-order valence-electron chi connectivity index (χ1n) is 7.12. The Labute approximate surface area is 112 Å². The van der Waals surface area contributed by atoms with E-state index >= 15 is 0 Å². The molecule has 4 heteroatoms.